The maximum absolute atomic E-state index is 13.1. The lowest BCUT2D eigenvalue weighted by Crippen LogP contribution is -2.21. The lowest BCUT2D eigenvalue weighted by Gasteiger charge is -2.15. The number of nitrogens with zero attached hydrogens (tertiary/aromatic N) is 2. The summed E-state index contributed by atoms with van der Waals surface area (Å²) in [5, 5.41) is 10.7. The molecule has 3 rings (SSSR count). The third kappa shape index (κ3) is 5.29. The molecule has 30 heavy (non-hydrogen) atoms. The Kier molecular flexibility index (Phi) is 6.61. The van der Waals surface area contributed by atoms with Crippen molar-refractivity contribution in [2.45, 2.75) is 33.9 Å². The van der Waals surface area contributed by atoms with Crippen molar-refractivity contribution < 1.29 is 17.9 Å². The van der Waals surface area contributed by atoms with Crippen LogP contribution in [-0.4, -0.2) is 21.5 Å². The minimum atomic E-state index is -2.94. The van der Waals surface area contributed by atoms with E-state index in [1.165, 1.54) is 18.2 Å². The minimum absolute atomic E-state index is 0.000184. The first-order valence-electron chi connectivity index (χ1n) is 9.15. The van der Waals surface area contributed by atoms with Crippen LogP contribution in [0.25, 0.3) is 0 Å². The van der Waals surface area contributed by atoms with Crippen molar-refractivity contribution in [3.05, 3.63) is 70.8 Å². The fourth-order valence-corrected chi connectivity index (χ4v) is 3.21. The van der Waals surface area contributed by atoms with Crippen LogP contribution in [0.15, 0.2) is 42.5 Å². The van der Waals surface area contributed by atoms with Gasteiger partial charge in [0, 0.05) is 0 Å². The van der Waals surface area contributed by atoms with Crippen LogP contribution < -0.4 is 15.4 Å². The second-order valence-corrected chi connectivity index (χ2v) is 7.20. The number of aromatic nitrogens is 2. The summed E-state index contributed by atoms with van der Waals surface area (Å²) in [6, 6.07) is 11.0. The van der Waals surface area contributed by atoms with Gasteiger partial charge in [0.15, 0.2) is 5.11 Å². The highest BCUT2D eigenvalue weighted by atomic mass is 32.1. The van der Waals surface area contributed by atoms with Crippen LogP contribution in [0.2, 0.25) is 0 Å². The number of aryl methyl sites for hydroxylation is 2. The molecule has 0 aliphatic heterocycles. The fraction of sp³-hybridized carbons (Fsp3) is 0.238. The first-order valence-corrected chi connectivity index (χ1v) is 9.55. The van der Waals surface area contributed by atoms with Gasteiger partial charge in [-0.3, -0.25) is 4.68 Å². The number of benzene rings is 2. The quantitative estimate of drug-likeness (QED) is 0.509. The van der Waals surface area contributed by atoms with Crippen molar-refractivity contribution in [3.8, 4) is 5.75 Å². The fourth-order valence-electron chi connectivity index (χ4n) is 3.00. The van der Waals surface area contributed by atoms with Crippen LogP contribution in [0.3, 0.4) is 0 Å². The summed E-state index contributed by atoms with van der Waals surface area (Å²) in [5.41, 5.74) is 4.35. The van der Waals surface area contributed by atoms with Gasteiger partial charge < -0.3 is 15.4 Å². The van der Waals surface area contributed by atoms with E-state index < -0.39 is 6.61 Å². The number of anilines is 2. The van der Waals surface area contributed by atoms with Gasteiger partial charge in [0.1, 0.15) is 11.6 Å². The summed E-state index contributed by atoms with van der Waals surface area (Å²) in [6.07, 6.45) is 0. The standard InChI is InChI=1S/C21H21F3N4OS/c1-12-4-9-18(29-20(23)24)17(10-12)25-21(30)26-19-13(2)27-28(14(19)3)11-15-5-7-16(22)8-6-15/h4-10,20H,11H2,1-3H3,(H2,25,26,30). The molecule has 5 nitrogen and oxygen atoms in total. The van der Waals surface area contributed by atoms with E-state index in [-0.39, 0.29) is 16.7 Å². The number of hydrogen-bond donors (Lipinski definition) is 2. The zero-order valence-electron chi connectivity index (χ0n) is 16.7. The molecule has 1 aromatic heterocycles. The predicted octanol–water partition coefficient (Wildman–Crippen LogP) is 5.41. The SMILES string of the molecule is Cc1ccc(OC(F)F)c(NC(=S)Nc2c(C)nn(Cc3ccc(F)cc3)c2C)c1. The van der Waals surface area contributed by atoms with Crippen molar-refractivity contribution >= 4 is 28.7 Å². The summed E-state index contributed by atoms with van der Waals surface area (Å²) in [5.74, 6) is -0.294. The molecular weight excluding hydrogens is 413 g/mol. The third-order valence-electron chi connectivity index (χ3n) is 4.46. The highest BCUT2D eigenvalue weighted by molar-refractivity contribution is 7.80. The lowest BCUT2D eigenvalue weighted by atomic mass is 10.2. The molecule has 0 aliphatic carbocycles. The summed E-state index contributed by atoms with van der Waals surface area (Å²) < 4.78 is 44.8. The molecule has 2 aromatic carbocycles. The van der Waals surface area contributed by atoms with E-state index in [0.29, 0.717) is 23.6 Å². The Morgan fingerprint density at radius 1 is 1.10 bits per heavy atom. The molecule has 0 saturated carbocycles. The Bertz CT molecular complexity index is 1050. The first-order chi connectivity index (χ1) is 14.2. The number of nitrogens with one attached hydrogen (secondary N) is 2. The zero-order chi connectivity index (χ0) is 21.8. The maximum atomic E-state index is 13.1. The van der Waals surface area contributed by atoms with E-state index in [1.807, 2.05) is 20.8 Å². The average Bonchev–Trinajstić information content (AvgIpc) is 2.93. The molecule has 0 saturated heterocycles. The normalized spacial score (nSPS) is 10.9. The van der Waals surface area contributed by atoms with Gasteiger partial charge in [0.25, 0.3) is 0 Å². The van der Waals surface area contributed by atoms with Crippen LogP contribution in [0, 0.1) is 26.6 Å². The van der Waals surface area contributed by atoms with Gasteiger partial charge in [0.2, 0.25) is 0 Å². The molecule has 0 aliphatic rings. The van der Waals surface area contributed by atoms with Crippen LogP contribution in [0.1, 0.15) is 22.5 Å². The van der Waals surface area contributed by atoms with Gasteiger partial charge in [0.05, 0.1) is 29.3 Å². The molecule has 3 aromatic rings. The first kappa shape index (κ1) is 21.6. The van der Waals surface area contributed by atoms with Crippen molar-refractivity contribution in [2.75, 3.05) is 10.6 Å². The largest absolute Gasteiger partial charge is 0.433 e. The molecule has 0 fully saturated rings. The number of thiocarbonyl (C=S) groups is 1. The Morgan fingerprint density at radius 3 is 2.47 bits per heavy atom. The van der Waals surface area contributed by atoms with Gasteiger partial charge in [-0.25, -0.2) is 4.39 Å². The molecule has 0 atom stereocenters. The van der Waals surface area contributed by atoms with Gasteiger partial charge in [-0.15, -0.1) is 0 Å². The topological polar surface area (TPSA) is 51.1 Å². The van der Waals surface area contributed by atoms with Crippen LogP contribution in [0.4, 0.5) is 24.5 Å². The zero-order valence-corrected chi connectivity index (χ0v) is 17.5. The molecule has 1 heterocycles. The summed E-state index contributed by atoms with van der Waals surface area (Å²) in [4.78, 5) is 0. The Balaban J connectivity index is 1.75. The van der Waals surface area contributed by atoms with E-state index in [0.717, 1.165) is 16.8 Å². The van der Waals surface area contributed by atoms with E-state index in [2.05, 4.69) is 20.5 Å². The minimum Gasteiger partial charge on any atom is -0.433 e. The number of hydrogen-bond acceptors (Lipinski definition) is 3. The van der Waals surface area contributed by atoms with Gasteiger partial charge in [-0.2, -0.15) is 13.9 Å². The second kappa shape index (κ2) is 9.17. The number of alkyl halides is 2. The molecule has 0 bridgehead atoms. The van der Waals surface area contributed by atoms with E-state index in [1.54, 1.807) is 28.9 Å². The molecule has 0 amide bonds. The highest BCUT2D eigenvalue weighted by Crippen LogP contribution is 2.28. The average molecular weight is 434 g/mol. The van der Waals surface area contributed by atoms with E-state index >= 15 is 0 Å². The van der Waals surface area contributed by atoms with Gasteiger partial charge in [-0.05, 0) is 68.4 Å². The van der Waals surface area contributed by atoms with E-state index in [4.69, 9.17) is 12.2 Å². The number of ether oxygens (including phenoxy) is 1. The Morgan fingerprint density at radius 2 is 1.80 bits per heavy atom. The monoisotopic (exact) mass is 434 g/mol. The lowest BCUT2D eigenvalue weighted by molar-refractivity contribution is -0.0493. The van der Waals surface area contributed by atoms with Crippen molar-refractivity contribution in [3.63, 3.8) is 0 Å². The Hall–Kier alpha value is -3.07. The van der Waals surface area contributed by atoms with Crippen LogP contribution >= 0.6 is 12.2 Å². The van der Waals surface area contributed by atoms with Gasteiger partial charge in [-0.1, -0.05) is 18.2 Å². The van der Waals surface area contributed by atoms with Crippen molar-refractivity contribution in [2.24, 2.45) is 0 Å². The summed E-state index contributed by atoms with van der Waals surface area (Å²) in [7, 11) is 0. The van der Waals surface area contributed by atoms with Crippen LogP contribution in [0.5, 0.6) is 5.75 Å². The predicted molar refractivity (Wildman–Crippen MR) is 115 cm³/mol. The number of halogens is 3. The van der Waals surface area contributed by atoms with Gasteiger partial charge >= 0.3 is 6.61 Å². The molecular formula is C21H21F3N4OS. The molecule has 9 heteroatoms. The summed E-state index contributed by atoms with van der Waals surface area (Å²) in [6.45, 7) is 3.08. The Labute approximate surface area is 177 Å². The van der Waals surface area contributed by atoms with Crippen molar-refractivity contribution in [1.82, 2.24) is 9.78 Å². The number of rotatable bonds is 6. The molecule has 0 spiro atoms. The second-order valence-electron chi connectivity index (χ2n) is 6.79. The van der Waals surface area contributed by atoms with Crippen LogP contribution in [-0.2, 0) is 6.54 Å². The smallest absolute Gasteiger partial charge is 0.387 e. The third-order valence-corrected chi connectivity index (χ3v) is 4.67. The molecule has 0 unspecified atom stereocenters. The maximum Gasteiger partial charge on any atom is 0.387 e. The molecule has 0 radical (unpaired) electrons. The summed E-state index contributed by atoms with van der Waals surface area (Å²) >= 11 is 5.36. The molecule has 158 valence electrons. The molecule has 2 N–H and O–H groups in total. The van der Waals surface area contributed by atoms with Crippen molar-refractivity contribution in [1.29, 1.82) is 0 Å². The van der Waals surface area contributed by atoms with E-state index in [9.17, 15) is 13.2 Å². The highest BCUT2D eigenvalue weighted by Gasteiger charge is 2.15.